The Hall–Kier alpha value is -2.74. The van der Waals surface area contributed by atoms with E-state index in [1.54, 1.807) is 12.1 Å². The van der Waals surface area contributed by atoms with Gasteiger partial charge in [-0.05, 0) is 42.2 Å². The normalized spacial score (nSPS) is 21.1. The minimum Gasteiger partial charge on any atom is -0.459 e. The van der Waals surface area contributed by atoms with Crippen LogP contribution in [0, 0.1) is 5.82 Å². The maximum absolute atomic E-state index is 13.4. The second-order valence-corrected chi connectivity index (χ2v) is 8.83. The molecule has 2 atom stereocenters. The second kappa shape index (κ2) is 12.1. The van der Waals surface area contributed by atoms with E-state index in [-0.39, 0.29) is 24.2 Å². The summed E-state index contributed by atoms with van der Waals surface area (Å²) in [6.07, 6.45) is 3.21. The first kappa shape index (κ1) is 24.4. The Balaban J connectivity index is 1.40. The summed E-state index contributed by atoms with van der Waals surface area (Å²) in [5, 5.41) is 9.00. The molecule has 7 heteroatoms. The van der Waals surface area contributed by atoms with Crippen LogP contribution in [0.1, 0.15) is 36.3 Å². The van der Waals surface area contributed by atoms with Crippen molar-refractivity contribution in [3.63, 3.8) is 0 Å². The van der Waals surface area contributed by atoms with Gasteiger partial charge in [-0.1, -0.05) is 42.5 Å². The van der Waals surface area contributed by atoms with E-state index in [1.807, 2.05) is 29.2 Å². The molecule has 0 aromatic heterocycles. The van der Waals surface area contributed by atoms with Crippen LogP contribution >= 0.6 is 0 Å². The quantitative estimate of drug-likeness (QED) is 0.569. The van der Waals surface area contributed by atoms with Crippen LogP contribution in [-0.2, 0) is 20.8 Å². The molecule has 4 rings (SSSR count). The number of hydrogen-bond donors (Lipinski definition) is 1. The molecular weight excluding hydrogens is 435 g/mol. The zero-order chi connectivity index (χ0) is 23.8. The number of unbranched alkanes of at least 4 members (excludes halogenated alkanes) is 1. The van der Waals surface area contributed by atoms with Gasteiger partial charge in [0.1, 0.15) is 5.82 Å². The largest absolute Gasteiger partial charge is 0.459 e. The average molecular weight is 469 g/mol. The zero-order valence-corrected chi connectivity index (χ0v) is 19.4. The number of aliphatic hydroxyl groups excluding tert-OH is 1. The third-order valence-electron chi connectivity index (χ3n) is 6.33. The van der Waals surface area contributed by atoms with Crippen molar-refractivity contribution in [1.29, 1.82) is 0 Å². The lowest BCUT2D eigenvalue weighted by Crippen LogP contribution is -2.49. The minimum atomic E-state index is -0.558. The number of nitrogens with zero attached hydrogens (tertiary/aromatic N) is 2. The standard InChI is InChI=1S/C27H33FN2O4/c28-24-10-8-22(9-11-24)23-18-25(34-26(19-23)33-17-5-4-16-31)27(32)30-14-12-29(13-15-30)20-21-6-2-1-3-7-21/h1-3,6-11,18,23,26,31H,4-5,12-17,19-20H2/t23-,26+/m1/s1. The van der Waals surface area contributed by atoms with Gasteiger partial charge in [-0.15, -0.1) is 0 Å². The predicted octanol–water partition coefficient (Wildman–Crippen LogP) is 3.67. The first-order valence-corrected chi connectivity index (χ1v) is 12.0. The third kappa shape index (κ3) is 6.65. The molecule has 182 valence electrons. The van der Waals surface area contributed by atoms with E-state index in [9.17, 15) is 9.18 Å². The third-order valence-corrected chi connectivity index (χ3v) is 6.33. The van der Waals surface area contributed by atoms with Gasteiger partial charge >= 0.3 is 0 Å². The molecule has 0 radical (unpaired) electrons. The monoisotopic (exact) mass is 468 g/mol. The molecule has 0 saturated carbocycles. The van der Waals surface area contributed by atoms with Crippen LogP contribution in [0.5, 0.6) is 0 Å². The van der Waals surface area contributed by atoms with E-state index in [4.69, 9.17) is 14.6 Å². The summed E-state index contributed by atoms with van der Waals surface area (Å²) in [7, 11) is 0. The summed E-state index contributed by atoms with van der Waals surface area (Å²) in [6, 6.07) is 16.7. The van der Waals surface area contributed by atoms with Gasteiger partial charge in [-0.3, -0.25) is 9.69 Å². The Morgan fingerprint density at radius 3 is 2.47 bits per heavy atom. The van der Waals surface area contributed by atoms with E-state index in [1.165, 1.54) is 17.7 Å². The maximum Gasteiger partial charge on any atom is 0.288 e. The van der Waals surface area contributed by atoms with Gasteiger partial charge in [0.15, 0.2) is 5.76 Å². The predicted molar refractivity (Wildman–Crippen MR) is 127 cm³/mol. The van der Waals surface area contributed by atoms with Crippen LogP contribution in [0.2, 0.25) is 0 Å². The van der Waals surface area contributed by atoms with E-state index in [0.717, 1.165) is 25.2 Å². The summed E-state index contributed by atoms with van der Waals surface area (Å²) < 4.78 is 25.3. The minimum absolute atomic E-state index is 0.101. The number of carbonyl (C=O) groups is 1. The Bertz CT molecular complexity index is 943. The molecule has 1 amide bonds. The number of piperazine rings is 1. The van der Waals surface area contributed by atoms with Gasteiger partial charge in [-0.2, -0.15) is 0 Å². The lowest BCUT2D eigenvalue weighted by atomic mass is 9.93. The molecule has 1 N–H and O–H groups in total. The second-order valence-electron chi connectivity index (χ2n) is 8.83. The highest BCUT2D eigenvalue weighted by molar-refractivity contribution is 5.92. The van der Waals surface area contributed by atoms with Gasteiger partial charge < -0.3 is 19.5 Å². The van der Waals surface area contributed by atoms with Gasteiger partial charge in [0.05, 0.1) is 6.61 Å². The summed E-state index contributed by atoms with van der Waals surface area (Å²) >= 11 is 0. The van der Waals surface area contributed by atoms with Crippen molar-refractivity contribution in [1.82, 2.24) is 9.80 Å². The smallest absolute Gasteiger partial charge is 0.288 e. The molecule has 0 unspecified atom stereocenters. The van der Waals surface area contributed by atoms with E-state index < -0.39 is 6.29 Å². The molecule has 0 aliphatic carbocycles. The number of benzene rings is 2. The summed E-state index contributed by atoms with van der Waals surface area (Å²) in [5.41, 5.74) is 2.19. The number of carbonyl (C=O) groups excluding carboxylic acids is 1. The molecule has 2 heterocycles. The lowest BCUT2D eigenvalue weighted by Gasteiger charge is -2.36. The zero-order valence-electron chi connectivity index (χ0n) is 19.4. The number of ether oxygens (including phenoxy) is 2. The van der Waals surface area contributed by atoms with Crippen LogP contribution in [0.15, 0.2) is 66.4 Å². The van der Waals surface area contributed by atoms with Crippen LogP contribution in [0.4, 0.5) is 4.39 Å². The van der Waals surface area contributed by atoms with Crippen LogP contribution in [0.3, 0.4) is 0 Å². The van der Waals surface area contributed by atoms with Crippen molar-refractivity contribution in [3.05, 3.63) is 83.4 Å². The average Bonchev–Trinajstić information content (AvgIpc) is 2.87. The Morgan fingerprint density at radius 1 is 1.03 bits per heavy atom. The maximum atomic E-state index is 13.4. The van der Waals surface area contributed by atoms with Crippen molar-refractivity contribution in [3.8, 4) is 0 Å². The molecular formula is C27H33FN2O4. The molecule has 6 nitrogen and oxygen atoms in total. The fourth-order valence-corrected chi connectivity index (χ4v) is 4.39. The van der Waals surface area contributed by atoms with E-state index in [2.05, 4.69) is 17.0 Å². The SMILES string of the molecule is O=C(C1=C[C@@H](c2ccc(F)cc2)C[C@@H](OCCCCO)O1)N1CCN(Cc2ccccc2)CC1. The summed E-state index contributed by atoms with van der Waals surface area (Å²) in [5.74, 6) is -0.226. The number of hydrogen-bond acceptors (Lipinski definition) is 5. The molecule has 1 saturated heterocycles. The topological polar surface area (TPSA) is 62.2 Å². The number of amides is 1. The van der Waals surface area contributed by atoms with Crippen molar-refractivity contribution < 1.29 is 23.8 Å². The molecule has 34 heavy (non-hydrogen) atoms. The fraction of sp³-hybridized carbons (Fsp3) is 0.444. The van der Waals surface area contributed by atoms with Gasteiger partial charge in [0, 0.05) is 51.7 Å². The Morgan fingerprint density at radius 2 is 1.76 bits per heavy atom. The Kier molecular flexibility index (Phi) is 8.68. The van der Waals surface area contributed by atoms with Gasteiger partial charge in [0.25, 0.3) is 5.91 Å². The number of rotatable bonds is 9. The first-order valence-electron chi connectivity index (χ1n) is 12.0. The van der Waals surface area contributed by atoms with Crippen molar-refractivity contribution in [2.45, 2.75) is 38.0 Å². The highest BCUT2D eigenvalue weighted by atomic mass is 19.1. The van der Waals surface area contributed by atoms with Gasteiger partial charge in [-0.25, -0.2) is 4.39 Å². The molecule has 1 fully saturated rings. The number of aliphatic hydroxyl groups is 1. The van der Waals surface area contributed by atoms with Crippen molar-refractivity contribution >= 4 is 5.91 Å². The highest BCUT2D eigenvalue weighted by Crippen LogP contribution is 2.32. The van der Waals surface area contributed by atoms with E-state index in [0.29, 0.717) is 44.7 Å². The van der Waals surface area contributed by atoms with E-state index >= 15 is 0 Å². The number of allylic oxidation sites excluding steroid dienone is 1. The highest BCUT2D eigenvalue weighted by Gasteiger charge is 2.32. The van der Waals surface area contributed by atoms with Crippen molar-refractivity contribution in [2.75, 3.05) is 39.4 Å². The van der Waals surface area contributed by atoms with Gasteiger partial charge in [0.2, 0.25) is 6.29 Å². The molecule has 2 aliphatic heterocycles. The number of halogens is 1. The molecule has 2 aromatic rings. The fourth-order valence-electron chi connectivity index (χ4n) is 4.39. The van der Waals surface area contributed by atoms with Crippen LogP contribution < -0.4 is 0 Å². The van der Waals surface area contributed by atoms with Crippen LogP contribution in [-0.4, -0.2) is 66.5 Å². The summed E-state index contributed by atoms with van der Waals surface area (Å²) in [4.78, 5) is 17.5. The first-order chi connectivity index (χ1) is 16.6. The summed E-state index contributed by atoms with van der Waals surface area (Å²) in [6.45, 7) is 4.31. The van der Waals surface area contributed by atoms with Crippen molar-refractivity contribution in [2.24, 2.45) is 0 Å². The molecule has 0 spiro atoms. The van der Waals surface area contributed by atoms with Crippen LogP contribution in [0.25, 0.3) is 0 Å². The lowest BCUT2D eigenvalue weighted by molar-refractivity contribution is -0.154. The Labute approximate surface area is 200 Å². The molecule has 0 bridgehead atoms. The molecule has 2 aliphatic rings. The molecule has 2 aromatic carbocycles.